The number of methoxy groups -OCH3 is 1. The average molecular weight is 282 g/mol. The molecule has 0 aromatic carbocycles. The van der Waals surface area contributed by atoms with Gasteiger partial charge in [0.15, 0.2) is 0 Å². The number of rotatable bonds is 9. The molecule has 1 aromatic heterocycles. The van der Waals surface area contributed by atoms with E-state index >= 15 is 0 Å². The van der Waals surface area contributed by atoms with Crippen LogP contribution in [0.4, 0.5) is 11.6 Å². The van der Waals surface area contributed by atoms with Crippen LogP contribution in [-0.4, -0.2) is 55.0 Å². The van der Waals surface area contributed by atoms with Crippen molar-refractivity contribution < 1.29 is 9.84 Å². The van der Waals surface area contributed by atoms with E-state index in [1.54, 1.807) is 7.11 Å². The van der Waals surface area contributed by atoms with E-state index in [1.165, 1.54) is 0 Å². The third kappa shape index (κ3) is 4.61. The summed E-state index contributed by atoms with van der Waals surface area (Å²) in [5.74, 6) is 2.46. The van der Waals surface area contributed by atoms with Crippen molar-refractivity contribution in [2.45, 2.75) is 27.2 Å². The lowest BCUT2D eigenvalue weighted by Gasteiger charge is -2.25. The molecule has 0 fully saturated rings. The summed E-state index contributed by atoms with van der Waals surface area (Å²) in [5, 5.41) is 12.6. The minimum Gasteiger partial charge on any atom is -0.395 e. The van der Waals surface area contributed by atoms with Crippen molar-refractivity contribution in [3.05, 3.63) is 11.4 Å². The van der Waals surface area contributed by atoms with Crippen LogP contribution in [0.1, 0.15) is 24.7 Å². The Bertz CT molecular complexity index is 412. The number of anilines is 2. The maximum absolute atomic E-state index is 9.23. The molecule has 0 aliphatic carbocycles. The summed E-state index contributed by atoms with van der Waals surface area (Å²) in [7, 11) is 1.67. The number of hydrogen-bond acceptors (Lipinski definition) is 6. The molecule has 0 amide bonds. The Morgan fingerprint density at radius 2 is 2.00 bits per heavy atom. The topological polar surface area (TPSA) is 70.5 Å². The van der Waals surface area contributed by atoms with E-state index < -0.39 is 0 Å². The molecule has 6 heteroatoms. The summed E-state index contributed by atoms with van der Waals surface area (Å²) in [6.07, 6.45) is 1.04. The van der Waals surface area contributed by atoms with Crippen LogP contribution in [0.5, 0.6) is 0 Å². The zero-order valence-corrected chi connectivity index (χ0v) is 12.9. The Kier molecular flexibility index (Phi) is 7.25. The normalized spacial score (nSPS) is 10.7. The maximum atomic E-state index is 9.23. The summed E-state index contributed by atoms with van der Waals surface area (Å²) in [5.41, 5.74) is 1.01. The van der Waals surface area contributed by atoms with Gasteiger partial charge in [-0.25, -0.2) is 9.97 Å². The van der Waals surface area contributed by atoms with Gasteiger partial charge in [0.05, 0.1) is 13.2 Å². The zero-order valence-electron chi connectivity index (χ0n) is 12.9. The van der Waals surface area contributed by atoms with Crippen molar-refractivity contribution in [3.63, 3.8) is 0 Å². The second-order valence-electron chi connectivity index (χ2n) is 4.70. The molecule has 0 atom stereocenters. The molecule has 0 aliphatic rings. The number of aromatic nitrogens is 2. The van der Waals surface area contributed by atoms with E-state index in [0.717, 1.165) is 36.0 Å². The first-order valence-corrected chi connectivity index (χ1v) is 7.07. The van der Waals surface area contributed by atoms with Crippen molar-refractivity contribution in [2.24, 2.45) is 0 Å². The summed E-state index contributed by atoms with van der Waals surface area (Å²) in [6, 6.07) is 0. The molecular weight excluding hydrogens is 256 g/mol. The molecule has 2 N–H and O–H groups in total. The lowest BCUT2D eigenvalue weighted by molar-refractivity contribution is 0.202. The van der Waals surface area contributed by atoms with E-state index in [-0.39, 0.29) is 6.61 Å². The fraction of sp³-hybridized carbons (Fsp3) is 0.714. The minimum absolute atomic E-state index is 0.0872. The molecule has 0 radical (unpaired) electrons. The van der Waals surface area contributed by atoms with Crippen LogP contribution in [0.3, 0.4) is 0 Å². The first-order chi connectivity index (χ1) is 9.63. The lowest BCUT2D eigenvalue weighted by Crippen LogP contribution is -2.32. The highest BCUT2D eigenvalue weighted by molar-refractivity contribution is 5.58. The van der Waals surface area contributed by atoms with Crippen LogP contribution in [-0.2, 0) is 4.74 Å². The van der Waals surface area contributed by atoms with Gasteiger partial charge in [-0.15, -0.1) is 0 Å². The van der Waals surface area contributed by atoms with Crippen molar-refractivity contribution >= 4 is 11.6 Å². The minimum atomic E-state index is 0.0872. The van der Waals surface area contributed by atoms with Crippen LogP contribution in [0.2, 0.25) is 0 Å². The Morgan fingerprint density at radius 3 is 2.60 bits per heavy atom. The lowest BCUT2D eigenvalue weighted by atomic mass is 10.2. The van der Waals surface area contributed by atoms with Gasteiger partial charge < -0.3 is 20.1 Å². The molecule has 6 nitrogen and oxygen atoms in total. The quantitative estimate of drug-likeness (QED) is 0.712. The van der Waals surface area contributed by atoms with Crippen LogP contribution < -0.4 is 10.2 Å². The molecule has 0 saturated heterocycles. The number of aliphatic hydroxyl groups is 1. The molecule has 114 valence electrons. The highest BCUT2D eigenvalue weighted by Crippen LogP contribution is 2.23. The zero-order chi connectivity index (χ0) is 15.0. The van der Waals surface area contributed by atoms with E-state index in [2.05, 4.69) is 22.2 Å². The third-order valence-electron chi connectivity index (χ3n) is 3.01. The highest BCUT2D eigenvalue weighted by atomic mass is 16.5. The first-order valence-electron chi connectivity index (χ1n) is 7.07. The molecular formula is C14H26N4O2. The van der Waals surface area contributed by atoms with Crippen LogP contribution >= 0.6 is 0 Å². The largest absolute Gasteiger partial charge is 0.395 e. The van der Waals surface area contributed by atoms with Crippen molar-refractivity contribution in [1.82, 2.24) is 9.97 Å². The molecule has 0 saturated carbocycles. The Labute approximate surface area is 121 Å². The number of nitrogens with zero attached hydrogens (tertiary/aromatic N) is 3. The highest BCUT2D eigenvalue weighted by Gasteiger charge is 2.15. The van der Waals surface area contributed by atoms with Gasteiger partial charge in [-0.3, -0.25) is 0 Å². The Hall–Kier alpha value is -1.40. The van der Waals surface area contributed by atoms with E-state index in [4.69, 9.17) is 4.74 Å². The molecule has 20 heavy (non-hydrogen) atoms. The third-order valence-corrected chi connectivity index (χ3v) is 3.01. The first kappa shape index (κ1) is 16.7. The smallest absolute Gasteiger partial charge is 0.137 e. The summed E-state index contributed by atoms with van der Waals surface area (Å²) < 4.78 is 5.12. The van der Waals surface area contributed by atoms with E-state index in [1.807, 2.05) is 18.7 Å². The van der Waals surface area contributed by atoms with Crippen LogP contribution in [0.15, 0.2) is 0 Å². The Morgan fingerprint density at radius 1 is 1.25 bits per heavy atom. The monoisotopic (exact) mass is 282 g/mol. The summed E-state index contributed by atoms with van der Waals surface area (Å²) >= 11 is 0. The van der Waals surface area contributed by atoms with Gasteiger partial charge in [-0.05, 0) is 20.3 Å². The van der Waals surface area contributed by atoms with Gasteiger partial charge in [0.1, 0.15) is 17.5 Å². The van der Waals surface area contributed by atoms with Gasteiger partial charge in [0, 0.05) is 32.3 Å². The second kappa shape index (κ2) is 8.71. The number of aryl methyl sites for hydroxylation is 1. The van der Waals surface area contributed by atoms with Crippen molar-refractivity contribution in [3.8, 4) is 0 Å². The standard InChI is InChI=1S/C14H26N4O2/c1-5-6-15-13-11(2)14(17-12(3)16-13)18(7-9-19)8-10-20-4/h19H,5-10H2,1-4H3,(H,15,16,17). The molecule has 0 bridgehead atoms. The van der Waals surface area contributed by atoms with Gasteiger partial charge in [-0.1, -0.05) is 6.92 Å². The Balaban J connectivity index is 3.02. The molecule has 0 spiro atoms. The number of aliphatic hydroxyl groups excluding tert-OH is 1. The van der Waals surface area contributed by atoms with E-state index in [9.17, 15) is 5.11 Å². The van der Waals surface area contributed by atoms with Crippen LogP contribution in [0.25, 0.3) is 0 Å². The fourth-order valence-corrected chi connectivity index (χ4v) is 1.98. The van der Waals surface area contributed by atoms with Gasteiger partial charge in [-0.2, -0.15) is 0 Å². The van der Waals surface area contributed by atoms with Crippen molar-refractivity contribution in [1.29, 1.82) is 0 Å². The fourth-order valence-electron chi connectivity index (χ4n) is 1.98. The number of ether oxygens (including phenoxy) is 1. The van der Waals surface area contributed by atoms with Crippen molar-refractivity contribution in [2.75, 3.05) is 50.2 Å². The SMILES string of the molecule is CCCNc1nc(C)nc(N(CCO)CCOC)c1C. The van der Waals surface area contributed by atoms with Gasteiger partial charge >= 0.3 is 0 Å². The second-order valence-corrected chi connectivity index (χ2v) is 4.70. The maximum Gasteiger partial charge on any atom is 0.137 e. The number of hydrogen-bond donors (Lipinski definition) is 2. The summed E-state index contributed by atoms with van der Waals surface area (Å²) in [4.78, 5) is 11.0. The average Bonchev–Trinajstić information content (AvgIpc) is 2.44. The predicted molar refractivity (Wildman–Crippen MR) is 81.5 cm³/mol. The number of nitrogens with one attached hydrogen (secondary N) is 1. The molecule has 0 unspecified atom stereocenters. The van der Waals surface area contributed by atoms with Gasteiger partial charge in [0.25, 0.3) is 0 Å². The molecule has 1 heterocycles. The van der Waals surface area contributed by atoms with E-state index in [0.29, 0.717) is 19.7 Å². The molecule has 0 aliphatic heterocycles. The molecule has 1 aromatic rings. The van der Waals surface area contributed by atoms with Crippen LogP contribution in [0, 0.1) is 13.8 Å². The summed E-state index contributed by atoms with van der Waals surface area (Å²) in [6.45, 7) is 8.81. The predicted octanol–water partition coefficient (Wildman–Crippen LogP) is 1.36. The van der Waals surface area contributed by atoms with Gasteiger partial charge in [0.2, 0.25) is 0 Å². The molecule has 1 rings (SSSR count).